The molecule has 0 saturated heterocycles. The largest absolute Gasteiger partial charge is 0.490 e. The van der Waals surface area contributed by atoms with Crippen molar-refractivity contribution in [3.63, 3.8) is 0 Å². The maximum absolute atomic E-state index is 12.4. The maximum atomic E-state index is 12.4. The van der Waals surface area contributed by atoms with Gasteiger partial charge in [0.15, 0.2) is 10.8 Å². The second-order valence-corrected chi connectivity index (χ2v) is 10.6. The van der Waals surface area contributed by atoms with Crippen molar-refractivity contribution in [2.24, 2.45) is 5.92 Å². The molecule has 1 atom stereocenters. The third kappa shape index (κ3) is 6.74. The quantitative estimate of drug-likeness (QED) is 0.412. The number of rotatable bonds is 7. The Labute approximate surface area is 204 Å². The van der Waals surface area contributed by atoms with Crippen LogP contribution < -0.4 is 10.1 Å². The van der Waals surface area contributed by atoms with Crippen LogP contribution in [0.1, 0.15) is 48.0 Å². The fourth-order valence-electron chi connectivity index (χ4n) is 3.72. The Balaban J connectivity index is 1.79. The first-order valence-corrected chi connectivity index (χ1v) is 11.5. The number of imidazole rings is 1. The number of benzene rings is 1. The van der Waals surface area contributed by atoms with Gasteiger partial charge < -0.3 is 14.8 Å². The van der Waals surface area contributed by atoms with Crippen LogP contribution in [0.4, 0.5) is 4.79 Å². The highest BCUT2D eigenvalue weighted by Crippen LogP contribution is 2.33. The van der Waals surface area contributed by atoms with Gasteiger partial charge >= 0.3 is 6.09 Å². The molecular formula is C24H30Cl2N4O3. The molecule has 0 spiro atoms. The summed E-state index contributed by atoms with van der Waals surface area (Å²) in [5.74, 6) is 0.848. The van der Waals surface area contributed by atoms with Crippen molar-refractivity contribution in [3.05, 3.63) is 46.8 Å². The number of alkyl carbamates (subject to hydrolysis) is 1. The summed E-state index contributed by atoms with van der Waals surface area (Å²) in [6, 6.07) is 7.25. The van der Waals surface area contributed by atoms with Crippen molar-refractivity contribution in [1.82, 2.24) is 19.9 Å². The van der Waals surface area contributed by atoms with Gasteiger partial charge in [0.25, 0.3) is 0 Å². The molecule has 0 aliphatic rings. The molecule has 33 heavy (non-hydrogen) atoms. The van der Waals surface area contributed by atoms with Crippen LogP contribution in [0, 0.1) is 5.92 Å². The number of nitrogens with one attached hydrogen (secondary N) is 1. The van der Waals surface area contributed by atoms with Crippen LogP contribution in [0.3, 0.4) is 0 Å². The molecule has 0 saturated carbocycles. The Morgan fingerprint density at radius 2 is 1.91 bits per heavy atom. The van der Waals surface area contributed by atoms with Crippen LogP contribution in [-0.4, -0.2) is 38.4 Å². The van der Waals surface area contributed by atoms with E-state index >= 15 is 0 Å². The minimum Gasteiger partial charge on any atom is -0.490 e. The number of halogens is 2. The Morgan fingerprint density at radius 3 is 2.55 bits per heavy atom. The van der Waals surface area contributed by atoms with E-state index in [1.54, 1.807) is 35.1 Å². The number of aromatic nitrogens is 3. The number of amides is 1. The number of nitrogens with zero attached hydrogens (tertiary/aromatic N) is 3. The van der Waals surface area contributed by atoms with Crippen LogP contribution >= 0.6 is 23.2 Å². The highest BCUT2D eigenvalue weighted by molar-refractivity contribution is 6.32. The van der Waals surface area contributed by atoms with Gasteiger partial charge in [0, 0.05) is 18.0 Å². The summed E-state index contributed by atoms with van der Waals surface area (Å²) in [6.07, 6.45) is 3.62. The molecule has 1 aromatic carbocycles. The standard InChI is InChI=1S/C24H30Cl2N4O3/c1-15(2)13-24(6,28-22(31)33-23(3,4)5)14-32-19-8-7-16(11-18(19)25)17-12-20(26)29-30-10-9-27-21(17)30/h7-12,15H,13-14H2,1-6H3,(H,28,31). The first kappa shape index (κ1) is 25.1. The number of fused-ring (bicyclic) bond motifs is 1. The molecule has 2 aromatic heterocycles. The first-order valence-electron chi connectivity index (χ1n) is 10.8. The van der Waals surface area contributed by atoms with Crippen LogP contribution in [0.15, 0.2) is 36.7 Å². The number of hydrogen-bond donors (Lipinski definition) is 1. The first-order chi connectivity index (χ1) is 15.3. The van der Waals surface area contributed by atoms with Gasteiger partial charge in [0.2, 0.25) is 0 Å². The monoisotopic (exact) mass is 492 g/mol. The van der Waals surface area contributed by atoms with Crippen molar-refractivity contribution < 1.29 is 14.3 Å². The lowest BCUT2D eigenvalue weighted by Crippen LogP contribution is -2.52. The van der Waals surface area contributed by atoms with Crippen LogP contribution in [-0.2, 0) is 4.74 Å². The minimum atomic E-state index is -0.640. The molecule has 1 N–H and O–H groups in total. The Hall–Kier alpha value is -2.51. The third-order valence-electron chi connectivity index (χ3n) is 4.78. The molecule has 2 heterocycles. The van der Waals surface area contributed by atoms with Gasteiger partial charge in [0.1, 0.15) is 18.0 Å². The zero-order valence-corrected chi connectivity index (χ0v) is 21.3. The van der Waals surface area contributed by atoms with E-state index in [2.05, 4.69) is 29.2 Å². The van der Waals surface area contributed by atoms with E-state index < -0.39 is 17.2 Å². The van der Waals surface area contributed by atoms with E-state index in [-0.39, 0.29) is 6.61 Å². The summed E-state index contributed by atoms with van der Waals surface area (Å²) in [4.78, 5) is 16.8. The highest BCUT2D eigenvalue weighted by atomic mass is 35.5. The SMILES string of the molecule is CC(C)CC(C)(COc1ccc(-c2cc(Cl)nn3ccnc23)cc1Cl)NC(=O)OC(C)(C)C. The molecule has 0 fully saturated rings. The van der Waals surface area contributed by atoms with Gasteiger partial charge in [-0.2, -0.15) is 5.10 Å². The van der Waals surface area contributed by atoms with E-state index in [1.165, 1.54) is 0 Å². The second kappa shape index (κ2) is 9.77. The van der Waals surface area contributed by atoms with E-state index in [9.17, 15) is 4.79 Å². The lowest BCUT2D eigenvalue weighted by molar-refractivity contribution is 0.0408. The van der Waals surface area contributed by atoms with Crippen molar-refractivity contribution in [1.29, 1.82) is 0 Å². The Bertz CT molecular complexity index is 1140. The van der Waals surface area contributed by atoms with Crippen LogP contribution in [0.25, 0.3) is 16.8 Å². The Kier molecular flexibility index (Phi) is 7.44. The summed E-state index contributed by atoms with van der Waals surface area (Å²) in [6.45, 7) is 11.8. The lowest BCUT2D eigenvalue weighted by Gasteiger charge is -2.33. The van der Waals surface area contributed by atoms with E-state index in [4.69, 9.17) is 32.7 Å². The smallest absolute Gasteiger partial charge is 0.408 e. The molecule has 7 nitrogen and oxygen atoms in total. The number of carbonyl (C=O) groups excluding carboxylic acids is 1. The number of carbonyl (C=O) groups is 1. The second-order valence-electron chi connectivity index (χ2n) is 9.80. The zero-order chi connectivity index (χ0) is 24.4. The zero-order valence-electron chi connectivity index (χ0n) is 19.8. The fourth-order valence-corrected chi connectivity index (χ4v) is 4.14. The average Bonchev–Trinajstić information content (AvgIpc) is 3.12. The average molecular weight is 493 g/mol. The van der Waals surface area contributed by atoms with Crippen molar-refractivity contribution in [2.75, 3.05) is 6.61 Å². The van der Waals surface area contributed by atoms with Gasteiger partial charge in [-0.1, -0.05) is 43.1 Å². The normalized spacial score (nSPS) is 13.7. The van der Waals surface area contributed by atoms with E-state index in [0.717, 1.165) is 11.1 Å². The highest BCUT2D eigenvalue weighted by Gasteiger charge is 2.31. The minimum absolute atomic E-state index is 0.231. The molecule has 0 aliphatic carbocycles. The molecule has 178 valence electrons. The van der Waals surface area contributed by atoms with Crippen molar-refractivity contribution >= 4 is 34.9 Å². The summed E-state index contributed by atoms with van der Waals surface area (Å²) in [5.41, 5.74) is 1.10. The fraction of sp³-hybridized carbons (Fsp3) is 0.458. The topological polar surface area (TPSA) is 77.8 Å². The predicted octanol–water partition coefficient (Wildman–Crippen LogP) is 6.41. The number of ether oxygens (including phenoxy) is 2. The molecule has 0 aliphatic heterocycles. The Morgan fingerprint density at radius 1 is 1.18 bits per heavy atom. The molecule has 0 radical (unpaired) electrons. The van der Waals surface area contributed by atoms with Crippen LogP contribution in [0.5, 0.6) is 5.75 Å². The van der Waals surface area contributed by atoms with Gasteiger partial charge in [0.05, 0.1) is 10.6 Å². The number of hydrogen-bond acceptors (Lipinski definition) is 5. The van der Waals surface area contributed by atoms with E-state index in [1.807, 2.05) is 33.8 Å². The van der Waals surface area contributed by atoms with E-state index in [0.29, 0.717) is 33.9 Å². The molecule has 1 amide bonds. The summed E-state index contributed by atoms with van der Waals surface area (Å²) < 4.78 is 13.1. The lowest BCUT2D eigenvalue weighted by atomic mass is 9.91. The predicted molar refractivity (Wildman–Crippen MR) is 131 cm³/mol. The van der Waals surface area contributed by atoms with Crippen LogP contribution in [0.2, 0.25) is 10.2 Å². The van der Waals surface area contributed by atoms with Crippen molar-refractivity contribution in [2.45, 2.75) is 59.1 Å². The molecule has 3 aromatic rings. The summed E-state index contributed by atoms with van der Waals surface area (Å²) in [5, 5.41) is 7.97. The summed E-state index contributed by atoms with van der Waals surface area (Å²) in [7, 11) is 0. The van der Waals surface area contributed by atoms with Gasteiger partial charge in [-0.3, -0.25) is 0 Å². The molecule has 9 heteroatoms. The van der Waals surface area contributed by atoms with Crippen molar-refractivity contribution in [3.8, 4) is 16.9 Å². The van der Waals surface area contributed by atoms with Gasteiger partial charge in [-0.05, 0) is 63.8 Å². The van der Waals surface area contributed by atoms with Gasteiger partial charge in [-0.25, -0.2) is 14.3 Å². The maximum Gasteiger partial charge on any atom is 0.408 e. The molecule has 0 bridgehead atoms. The third-order valence-corrected chi connectivity index (χ3v) is 5.26. The molecular weight excluding hydrogens is 463 g/mol. The molecule has 1 unspecified atom stereocenters. The summed E-state index contributed by atoms with van der Waals surface area (Å²) >= 11 is 12.7. The molecule has 3 rings (SSSR count). The van der Waals surface area contributed by atoms with Gasteiger partial charge in [-0.15, -0.1) is 0 Å².